The minimum atomic E-state index is 0.156. The second kappa shape index (κ2) is 3.10. The van der Waals surface area contributed by atoms with Crippen LogP contribution in [-0.4, -0.2) is 22.7 Å². The molecule has 0 saturated carbocycles. The van der Waals surface area contributed by atoms with E-state index in [1.54, 1.807) is 0 Å². The summed E-state index contributed by atoms with van der Waals surface area (Å²) in [7, 11) is 0. The average Bonchev–Trinajstić information content (AvgIpc) is 2.63. The maximum atomic E-state index is 5.29. The molecule has 0 aliphatic carbocycles. The largest absolute Gasteiger partial charge is 0.351 e. The van der Waals surface area contributed by atoms with Gasteiger partial charge in [0, 0.05) is 12.5 Å². The first-order valence-corrected chi connectivity index (χ1v) is 4.16. The van der Waals surface area contributed by atoms with E-state index in [4.69, 9.17) is 5.73 Å². The zero-order valence-corrected chi connectivity index (χ0v) is 6.79. The van der Waals surface area contributed by atoms with Crippen LogP contribution in [0.5, 0.6) is 0 Å². The van der Waals surface area contributed by atoms with Crippen molar-refractivity contribution in [2.24, 2.45) is 0 Å². The lowest BCUT2D eigenvalue weighted by Crippen LogP contribution is -2.24. The normalized spacial score (nSPS) is 23.2. The van der Waals surface area contributed by atoms with Crippen molar-refractivity contribution in [2.75, 3.05) is 12.3 Å². The van der Waals surface area contributed by atoms with Crippen LogP contribution < -0.4 is 11.1 Å². The molecule has 12 heavy (non-hydrogen) atoms. The zero-order valence-electron chi connectivity index (χ0n) is 6.79. The van der Waals surface area contributed by atoms with Crippen molar-refractivity contribution in [1.82, 2.24) is 15.5 Å². The van der Waals surface area contributed by atoms with Gasteiger partial charge < -0.3 is 15.6 Å². The van der Waals surface area contributed by atoms with Gasteiger partial charge in [-0.1, -0.05) is 5.16 Å². The molecule has 66 valence electrons. The summed E-state index contributed by atoms with van der Waals surface area (Å²) < 4.78 is 4.66. The van der Waals surface area contributed by atoms with Crippen LogP contribution in [0.4, 0.5) is 6.01 Å². The minimum absolute atomic E-state index is 0.156. The van der Waals surface area contributed by atoms with Crippen LogP contribution >= 0.6 is 0 Å². The van der Waals surface area contributed by atoms with Crippen molar-refractivity contribution >= 4 is 6.01 Å². The number of hydrogen-bond acceptors (Lipinski definition) is 5. The Morgan fingerprint density at radius 3 is 3.17 bits per heavy atom. The minimum Gasteiger partial charge on any atom is -0.351 e. The number of nitrogens with two attached hydrogens (primary N) is 1. The average molecular weight is 168 g/mol. The van der Waals surface area contributed by atoms with E-state index in [1.165, 1.54) is 12.8 Å². The summed E-state index contributed by atoms with van der Waals surface area (Å²) in [5, 5.41) is 7.08. The Morgan fingerprint density at radius 2 is 2.58 bits per heavy atom. The van der Waals surface area contributed by atoms with Crippen molar-refractivity contribution in [3.63, 3.8) is 0 Å². The highest BCUT2D eigenvalue weighted by atomic mass is 16.5. The molecule has 2 heterocycles. The first-order chi connectivity index (χ1) is 5.84. The van der Waals surface area contributed by atoms with Crippen LogP contribution in [0, 0.1) is 0 Å². The van der Waals surface area contributed by atoms with Crippen molar-refractivity contribution in [3.05, 3.63) is 5.82 Å². The maximum absolute atomic E-state index is 5.29. The number of nitrogens with one attached hydrogen (secondary N) is 1. The molecule has 0 radical (unpaired) electrons. The van der Waals surface area contributed by atoms with Gasteiger partial charge in [-0.25, -0.2) is 0 Å². The van der Waals surface area contributed by atoms with Gasteiger partial charge in [0.05, 0.1) is 0 Å². The number of anilines is 1. The molecule has 0 spiro atoms. The third kappa shape index (κ3) is 1.55. The van der Waals surface area contributed by atoms with E-state index in [0.29, 0.717) is 11.9 Å². The van der Waals surface area contributed by atoms with Gasteiger partial charge in [0.1, 0.15) is 0 Å². The lowest BCUT2D eigenvalue weighted by atomic mass is 10.1. The molecule has 0 aromatic carbocycles. The smallest absolute Gasteiger partial charge is 0.318 e. The van der Waals surface area contributed by atoms with Gasteiger partial charge in [-0.2, -0.15) is 4.98 Å². The van der Waals surface area contributed by atoms with E-state index >= 15 is 0 Å². The Labute approximate surface area is 70.3 Å². The Balaban J connectivity index is 1.94. The monoisotopic (exact) mass is 168 g/mol. The first kappa shape index (κ1) is 7.54. The van der Waals surface area contributed by atoms with Crippen LogP contribution in [-0.2, 0) is 6.42 Å². The summed E-state index contributed by atoms with van der Waals surface area (Å²) in [5.41, 5.74) is 5.29. The Hall–Kier alpha value is -1.10. The second-order valence-corrected chi connectivity index (χ2v) is 3.05. The van der Waals surface area contributed by atoms with Crippen molar-refractivity contribution in [3.8, 4) is 0 Å². The lowest BCUT2D eigenvalue weighted by Gasteiger charge is -2.04. The zero-order chi connectivity index (χ0) is 8.39. The molecular weight excluding hydrogens is 156 g/mol. The molecule has 1 aliphatic heterocycles. The topological polar surface area (TPSA) is 77.0 Å². The van der Waals surface area contributed by atoms with Gasteiger partial charge >= 0.3 is 6.01 Å². The summed E-state index contributed by atoms with van der Waals surface area (Å²) >= 11 is 0. The number of nitrogens with zero attached hydrogens (tertiary/aromatic N) is 2. The first-order valence-electron chi connectivity index (χ1n) is 4.16. The predicted molar refractivity (Wildman–Crippen MR) is 43.4 cm³/mol. The molecule has 1 aromatic rings. The van der Waals surface area contributed by atoms with Gasteiger partial charge in [-0.15, -0.1) is 0 Å². The summed E-state index contributed by atoms with van der Waals surface area (Å²) in [6.07, 6.45) is 3.24. The molecule has 1 aromatic heterocycles. The molecule has 5 heteroatoms. The molecule has 1 atom stereocenters. The van der Waals surface area contributed by atoms with E-state index in [-0.39, 0.29) is 6.01 Å². The third-order valence-corrected chi connectivity index (χ3v) is 2.08. The summed E-state index contributed by atoms with van der Waals surface area (Å²) in [5.74, 6) is 0.701. The Morgan fingerprint density at radius 1 is 1.67 bits per heavy atom. The van der Waals surface area contributed by atoms with E-state index in [2.05, 4.69) is 20.0 Å². The molecule has 2 rings (SSSR count). The second-order valence-electron chi connectivity index (χ2n) is 3.05. The maximum Gasteiger partial charge on any atom is 0.318 e. The van der Waals surface area contributed by atoms with Crippen molar-refractivity contribution < 1.29 is 4.52 Å². The molecule has 3 N–H and O–H groups in total. The molecule has 0 bridgehead atoms. The molecule has 5 nitrogen and oxygen atoms in total. The standard InChI is InChI=1S/C7H12N4O/c8-7-10-6(11-12-7)4-5-2-1-3-9-5/h5,9H,1-4H2,(H2,8,10,11). The molecule has 1 fully saturated rings. The fourth-order valence-electron chi connectivity index (χ4n) is 1.50. The fraction of sp³-hybridized carbons (Fsp3) is 0.714. The van der Waals surface area contributed by atoms with E-state index in [0.717, 1.165) is 13.0 Å². The van der Waals surface area contributed by atoms with Crippen LogP contribution in [0.3, 0.4) is 0 Å². The van der Waals surface area contributed by atoms with Gasteiger partial charge in [0.2, 0.25) is 0 Å². The quantitative estimate of drug-likeness (QED) is 0.647. The Bertz CT molecular complexity index is 254. The number of nitrogen functional groups attached to an aromatic ring is 1. The number of hydrogen-bond donors (Lipinski definition) is 2. The summed E-state index contributed by atoms with van der Waals surface area (Å²) in [6.45, 7) is 1.10. The summed E-state index contributed by atoms with van der Waals surface area (Å²) in [4.78, 5) is 3.93. The van der Waals surface area contributed by atoms with Crippen molar-refractivity contribution in [1.29, 1.82) is 0 Å². The molecule has 1 unspecified atom stereocenters. The highest BCUT2D eigenvalue weighted by Gasteiger charge is 2.16. The van der Waals surface area contributed by atoms with Gasteiger partial charge in [-0.05, 0) is 19.4 Å². The fourth-order valence-corrected chi connectivity index (χ4v) is 1.50. The van der Waals surface area contributed by atoms with Crippen LogP contribution in [0.15, 0.2) is 4.52 Å². The number of rotatable bonds is 2. The SMILES string of the molecule is Nc1nc(CC2CCCN2)no1. The summed E-state index contributed by atoms with van der Waals surface area (Å²) in [6, 6.07) is 0.657. The van der Waals surface area contributed by atoms with Crippen LogP contribution in [0.1, 0.15) is 18.7 Å². The molecule has 0 amide bonds. The van der Waals surface area contributed by atoms with Gasteiger partial charge in [-0.3, -0.25) is 0 Å². The lowest BCUT2D eigenvalue weighted by molar-refractivity contribution is 0.421. The van der Waals surface area contributed by atoms with E-state index in [1.807, 2.05) is 0 Å². The third-order valence-electron chi connectivity index (χ3n) is 2.08. The molecule has 1 aliphatic rings. The highest BCUT2D eigenvalue weighted by molar-refractivity contribution is 5.08. The van der Waals surface area contributed by atoms with Gasteiger partial charge in [0.15, 0.2) is 5.82 Å². The Kier molecular flexibility index (Phi) is 1.95. The van der Waals surface area contributed by atoms with Crippen molar-refractivity contribution in [2.45, 2.75) is 25.3 Å². The number of aromatic nitrogens is 2. The highest BCUT2D eigenvalue weighted by Crippen LogP contribution is 2.10. The predicted octanol–water partition coefficient (Wildman–Crippen LogP) is -0.0537. The van der Waals surface area contributed by atoms with E-state index < -0.39 is 0 Å². The van der Waals surface area contributed by atoms with Crippen LogP contribution in [0.2, 0.25) is 0 Å². The van der Waals surface area contributed by atoms with E-state index in [9.17, 15) is 0 Å². The molecule has 1 saturated heterocycles. The molecular formula is C7H12N4O. The van der Waals surface area contributed by atoms with Gasteiger partial charge in [0.25, 0.3) is 0 Å². The van der Waals surface area contributed by atoms with Crippen LogP contribution in [0.25, 0.3) is 0 Å².